The van der Waals surface area contributed by atoms with E-state index >= 15 is 0 Å². The lowest BCUT2D eigenvalue weighted by atomic mass is 10.1. The Balaban J connectivity index is 1.86. The predicted octanol–water partition coefficient (Wildman–Crippen LogP) is 3.67. The number of hydrogen-bond donors (Lipinski definition) is 2. The van der Waals surface area contributed by atoms with Crippen molar-refractivity contribution in [3.63, 3.8) is 0 Å². The third kappa shape index (κ3) is 2.47. The normalized spacial score (nSPS) is 10.4. The van der Waals surface area contributed by atoms with Crippen molar-refractivity contribution >= 4 is 28.1 Å². The SMILES string of the molecule is Nc1ccc(NC(=O)c2ccc3ccccc3c2)cc1. The molecule has 0 fully saturated rings. The van der Waals surface area contributed by atoms with Gasteiger partial charge in [-0.15, -0.1) is 0 Å². The van der Waals surface area contributed by atoms with Gasteiger partial charge in [-0.05, 0) is 47.2 Å². The largest absolute Gasteiger partial charge is 0.399 e. The van der Waals surface area contributed by atoms with Gasteiger partial charge in [0, 0.05) is 16.9 Å². The Morgan fingerprint density at radius 3 is 2.30 bits per heavy atom. The number of anilines is 2. The molecule has 0 saturated heterocycles. The zero-order valence-corrected chi connectivity index (χ0v) is 10.8. The van der Waals surface area contributed by atoms with Crippen LogP contribution in [-0.4, -0.2) is 5.91 Å². The highest BCUT2D eigenvalue weighted by Crippen LogP contribution is 2.17. The summed E-state index contributed by atoms with van der Waals surface area (Å²) < 4.78 is 0. The van der Waals surface area contributed by atoms with Crippen LogP contribution in [0.1, 0.15) is 10.4 Å². The Morgan fingerprint density at radius 1 is 0.850 bits per heavy atom. The van der Waals surface area contributed by atoms with Gasteiger partial charge in [0.1, 0.15) is 0 Å². The van der Waals surface area contributed by atoms with Crippen molar-refractivity contribution in [1.82, 2.24) is 0 Å². The van der Waals surface area contributed by atoms with Crippen LogP contribution in [0, 0.1) is 0 Å². The summed E-state index contributed by atoms with van der Waals surface area (Å²) in [6, 6.07) is 20.7. The maximum Gasteiger partial charge on any atom is 0.255 e. The average Bonchev–Trinajstić information content (AvgIpc) is 2.49. The second kappa shape index (κ2) is 5.05. The first-order valence-electron chi connectivity index (χ1n) is 6.38. The molecule has 0 spiro atoms. The molecule has 0 radical (unpaired) electrons. The number of fused-ring (bicyclic) bond motifs is 1. The Bertz CT molecular complexity index is 763. The fraction of sp³-hybridized carbons (Fsp3) is 0. The summed E-state index contributed by atoms with van der Waals surface area (Å²) in [5.41, 5.74) is 7.67. The first-order valence-corrected chi connectivity index (χ1v) is 6.38. The van der Waals surface area contributed by atoms with Crippen LogP contribution >= 0.6 is 0 Å². The Kier molecular flexibility index (Phi) is 3.09. The van der Waals surface area contributed by atoms with Crippen LogP contribution < -0.4 is 11.1 Å². The van der Waals surface area contributed by atoms with Crippen molar-refractivity contribution in [3.05, 3.63) is 72.3 Å². The summed E-state index contributed by atoms with van der Waals surface area (Å²) in [6.45, 7) is 0. The summed E-state index contributed by atoms with van der Waals surface area (Å²) in [6.07, 6.45) is 0. The second-order valence-electron chi connectivity index (χ2n) is 4.64. The molecule has 0 aliphatic rings. The quantitative estimate of drug-likeness (QED) is 0.692. The van der Waals surface area contributed by atoms with E-state index < -0.39 is 0 Å². The minimum Gasteiger partial charge on any atom is -0.399 e. The van der Waals surface area contributed by atoms with Gasteiger partial charge in [-0.3, -0.25) is 4.79 Å². The molecule has 3 nitrogen and oxygen atoms in total. The molecule has 0 atom stereocenters. The van der Waals surface area contributed by atoms with Gasteiger partial charge in [0.15, 0.2) is 0 Å². The number of nitrogen functional groups attached to an aromatic ring is 1. The zero-order valence-electron chi connectivity index (χ0n) is 10.8. The molecular weight excluding hydrogens is 248 g/mol. The molecule has 0 aromatic heterocycles. The average molecular weight is 262 g/mol. The molecule has 3 N–H and O–H groups in total. The zero-order chi connectivity index (χ0) is 13.9. The minimum absolute atomic E-state index is 0.125. The third-order valence-electron chi connectivity index (χ3n) is 3.18. The molecule has 3 aromatic carbocycles. The van der Waals surface area contributed by atoms with E-state index in [0.29, 0.717) is 11.3 Å². The maximum absolute atomic E-state index is 12.2. The van der Waals surface area contributed by atoms with Crippen molar-refractivity contribution in [2.24, 2.45) is 0 Å². The topological polar surface area (TPSA) is 55.1 Å². The third-order valence-corrected chi connectivity index (χ3v) is 3.18. The van der Waals surface area contributed by atoms with E-state index in [0.717, 1.165) is 16.5 Å². The van der Waals surface area contributed by atoms with Gasteiger partial charge >= 0.3 is 0 Å². The molecule has 0 unspecified atom stereocenters. The lowest BCUT2D eigenvalue weighted by Crippen LogP contribution is -2.11. The number of nitrogens with one attached hydrogen (secondary N) is 1. The van der Waals surface area contributed by atoms with Crippen LogP contribution in [0.15, 0.2) is 66.7 Å². The van der Waals surface area contributed by atoms with Crippen LogP contribution in [0.3, 0.4) is 0 Å². The van der Waals surface area contributed by atoms with Crippen molar-refractivity contribution in [1.29, 1.82) is 0 Å². The van der Waals surface area contributed by atoms with Crippen molar-refractivity contribution in [2.45, 2.75) is 0 Å². The molecule has 3 rings (SSSR count). The molecule has 98 valence electrons. The van der Waals surface area contributed by atoms with E-state index in [-0.39, 0.29) is 5.91 Å². The van der Waals surface area contributed by atoms with Gasteiger partial charge in [0.05, 0.1) is 0 Å². The number of nitrogens with two attached hydrogens (primary N) is 1. The van der Waals surface area contributed by atoms with Gasteiger partial charge < -0.3 is 11.1 Å². The van der Waals surface area contributed by atoms with Crippen molar-refractivity contribution < 1.29 is 4.79 Å². The van der Waals surface area contributed by atoms with Crippen LogP contribution in [0.2, 0.25) is 0 Å². The summed E-state index contributed by atoms with van der Waals surface area (Å²) in [5, 5.41) is 5.03. The monoisotopic (exact) mass is 262 g/mol. The van der Waals surface area contributed by atoms with Crippen LogP contribution in [-0.2, 0) is 0 Å². The highest BCUT2D eigenvalue weighted by molar-refractivity contribution is 6.06. The Morgan fingerprint density at radius 2 is 1.55 bits per heavy atom. The summed E-state index contributed by atoms with van der Waals surface area (Å²) in [7, 11) is 0. The smallest absolute Gasteiger partial charge is 0.255 e. The fourth-order valence-corrected chi connectivity index (χ4v) is 2.10. The van der Waals surface area contributed by atoms with Crippen LogP contribution in [0.4, 0.5) is 11.4 Å². The van der Waals surface area contributed by atoms with Gasteiger partial charge in [-0.2, -0.15) is 0 Å². The molecule has 3 aromatic rings. The number of hydrogen-bond acceptors (Lipinski definition) is 2. The van der Waals surface area contributed by atoms with Gasteiger partial charge in [-0.25, -0.2) is 0 Å². The minimum atomic E-state index is -0.125. The summed E-state index contributed by atoms with van der Waals surface area (Å²) in [5.74, 6) is -0.125. The van der Waals surface area contributed by atoms with Gasteiger partial charge in [0.25, 0.3) is 5.91 Å². The highest BCUT2D eigenvalue weighted by atomic mass is 16.1. The highest BCUT2D eigenvalue weighted by Gasteiger charge is 2.06. The van der Waals surface area contributed by atoms with Crippen molar-refractivity contribution in [2.75, 3.05) is 11.1 Å². The number of benzene rings is 3. The van der Waals surface area contributed by atoms with E-state index in [1.54, 1.807) is 24.3 Å². The van der Waals surface area contributed by atoms with E-state index in [4.69, 9.17) is 5.73 Å². The van der Waals surface area contributed by atoms with Gasteiger partial charge in [-0.1, -0.05) is 30.3 Å². The molecule has 0 saturated carbocycles. The number of carbonyl (C=O) groups excluding carboxylic acids is 1. The summed E-state index contributed by atoms with van der Waals surface area (Å²) in [4.78, 5) is 12.2. The fourth-order valence-electron chi connectivity index (χ4n) is 2.10. The lowest BCUT2D eigenvalue weighted by Gasteiger charge is -2.06. The van der Waals surface area contributed by atoms with E-state index in [9.17, 15) is 4.79 Å². The van der Waals surface area contributed by atoms with E-state index in [2.05, 4.69) is 5.32 Å². The van der Waals surface area contributed by atoms with Crippen LogP contribution in [0.25, 0.3) is 10.8 Å². The molecule has 0 aliphatic heterocycles. The number of carbonyl (C=O) groups is 1. The molecular formula is C17H14N2O. The van der Waals surface area contributed by atoms with E-state index in [1.807, 2.05) is 42.5 Å². The second-order valence-corrected chi connectivity index (χ2v) is 4.64. The maximum atomic E-state index is 12.2. The predicted molar refractivity (Wildman–Crippen MR) is 82.8 cm³/mol. The molecule has 3 heteroatoms. The molecule has 0 heterocycles. The van der Waals surface area contributed by atoms with E-state index in [1.165, 1.54) is 0 Å². The lowest BCUT2D eigenvalue weighted by molar-refractivity contribution is 0.102. The Labute approximate surface area is 117 Å². The molecule has 20 heavy (non-hydrogen) atoms. The summed E-state index contributed by atoms with van der Waals surface area (Å²) >= 11 is 0. The first kappa shape index (κ1) is 12.2. The van der Waals surface area contributed by atoms with Crippen molar-refractivity contribution in [3.8, 4) is 0 Å². The molecule has 0 bridgehead atoms. The standard InChI is InChI=1S/C17H14N2O/c18-15-7-9-16(10-8-15)19-17(20)14-6-5-12-3-1-2-4-13(12)11-14/h1-11H,18H2,(H,19,20). The number of amides is 1. The molecule has 0 aliphatic carbocycles. The van der Waals surface area contributed by atoms with Gasteiger partial charge in [0.2, 0.25) is 0 Å². The first-order chi connectivity index (χ1) is 9.72. The van der Waals surface area contributed by atoms with Crippen LogP contribution in [0.5, 0.6) is 0 Å². The Hall–Kier alpha value is -2.81. The number of rotatable bonds is 2. The molecule has 1 amide bonds.